The first kappa shape index (κ1) is 10.2. The maximum absolute atomic E-state index is 5.37. The third-order valence-electron chi connectivity index (χ3n) is 1.85. The monoisotopic (exact) mass is 183 g/mol. The highest BCUT2D eigenvalue weighted by atomic mass is 16.5. The van der Waals surface area contributed by atoms with Crippen molar-refractivity contribution in [3.8, 4) is 0 Å². The summed E-state index contributed by atoms with van der Waals surface area (Å²) in [4.78, 5) is 0. The summed E-state index contributed by atoms with van der Waals surface area (Å²) in [5.41, 5.74) is 0. The minimum Gasteiger partial charge on any atom is -0.381 e. The van der Waals surface area contributed by atoms with E-state index in [9.17, 15) is 0 Å². The lowest BCUT2D eigenvalue weighted by molar-refractivity contribution is 0.136. The second kappa shape index (κ2) is 5.70. The fourth-order valence-electron chi connectivity index (χ4n) is 1.15. The van der Waals surface area contributed by atoms with Gasteiger partial charge in [-0.2, -0.15) is 0 Å². The molecule has 1 rings (SSSR count). The van der Waals surface area contributed by atoms with Crippen molar-refractivity contribution in [1.82, 2.24) is 14.8 Å². The fraction of sp³-hybridized carbons (Fsp3) is 0.778. The van der Waals surface area contributed by atoms with Crippen LogP contribution in [0.3, 0.4) is 0 Å². The van der Waals surface area contributed by atoms with Gasteiger partial charge in [0.15, 0.2) is 0 Å². The Bertz CT molecular complexity index is 235. The zero-order chi connectivity index (χ0) is 9.52. The Kier molecular flexibility index (Phi) is 4.46. The van der Waals surface area contributed by atoms with E-state index in [2.05, 4.69) is 24.0 Å². The molecule has 0 aliphatic rings. The third kappa shape index (κ3) is 3.14. The molecule has 0 fully saturated rings. The highest BCUT2D eigenvalue weighted by Gasteiger charge is 2.01. The average Bonchev–Trinajstić information content (AvgIpc) is 2.60. The van der Waals surface area contributed by atoms with E-state index in [0.717, 1.165) is 38.4 Å². The van der Waals surface area contributed by atoms with Gasteiger partial charge in [-0.25, -0.2) is 0 Å². The number of hydrogen-bond donors (Lipinski definition) is 0. The molecule has 1 aromatic rings. The standard InChI is InChI=1S/C9H17N3O/c1-3-6-13-7-5-9-11-10-8-12(9)4-2/h8H,3-7H2,1-2H3. The fourth-order valence-corrected chi connectivity index (χ4v) is 1.15. The van der Waals surface area contributed by atoms with Crippen molar-refractivity contribution in [3.05, 3.63) is 12.2 Å². The molecule has 0 radical (unpaired) electrons. The molecule has 1 heterocycles. The lowest BCUT2D eigenvalue weighted by Crippen LogP contribution is -2.06. The van der Waals surface area contributed by atoms with Gasteiger partial charge in [0.25, 0.3) is 0 Å². The summed E-state index contributed by atoms with van der Waals surface area (Å²) in [7, 11) is 0. The maximum atomic E-state index is 5.37. The van der Waals surface area contributed by atoms with Crippen molar-refractivity contribution in [2.24, 2.45) is 0 Å². The minimum atomic E-state index is 0.743. The molecule has 0 N–H and O–H groups in total. The zero-order valence-electron chi connectivity index (χ0n) is 8.36. The van der Waals surface area contributed by atoms with E-state index in [1.54, 1.807) is 6.33 Å². The van der Waals surface area contributed by atoms with Crippen LogP contribution in [-0.2, 0) is 17.7 Å². The summed E-state index contributed by atoms with van der Waals surface area (Å²) in [5.74, 6) is 1.01. The molecular formula is C9H17N3O. The minimum absolute atomic E-state index is 0.743. The van der Waals surface area contributed by atoms with E-state index >= 15 is 0 Å². The first-order chi connectivity index (χ1) is 6.38. The number of hydrogen-bond acceptors (Lipinski definition) is 3. The van der Waals surface area contributed by atoms with Gasteiger partial charge in [-0.15, -0.1) is 10.2 Å². The zero-order valence-corrected chi connectivity index (χ0v) is 8.36. The summed E-state index contributed by atoms with van der Waals surface area (Å²) in [6.45, 7) is 6.69. The number of rotatable bonds is 6. The normalized spacial score (nSPS) is 10.6. The lowest BCUT2D eigenvalue weighted by atomic mass is 10.4. The Balaban J connectivity index is 2.27. The first-order valence-corrected chi connectivity index (χ1v) is 4.82. The van der Waals surface area contributed by atoms with E-state index in [0.29, 0.717) is 0 Å². The van der Waals surface area contributed by atoms with E-state index in [-0.39, 0.29) is 0 Å². The molecule has 4 nitrogen and oxygen atoms in total. The van der Waals surface area contributed by atoms with Crippen molar-refractivity contribution >= 4 is 0 Å². The summed E-state index contributed by atoms with van der Waals surface area (Å²) in [6.07, 6.45) is 3.68. The second-order valence-corrected chi connectivity index (χ2v) is 2.90. The molecule has 0 unspecified atom stereocenters. The van der Waals surface area contributed by atoms with Gasteiger partial charge >= 0.3 is 0 Å². The molecule has 0 atom stereocenters. The van der Waals surface area contributed by atoms with Crippen LogP contribution in [0, 0.1) is 0 Å². The second-order valence-electron chi connectivity index (χ2n) is 2.90. The van der Waals surface area contributed by atoms with Crippen LogP contribution in [0.2, 0.25) is 0 Å². The largest absolute Gasteiger partial charge is 0.381 e. The molecule has 0 aromatic carbocycles. The molecular weight excluding hydrogens is 166 g/mol. The summed E-state index contributed by atoms with van der Waals surface area (Å²) < 4.78 is 7.41. The van der Waals surface area contributed by atoms with Gasteiger partial charge in [0.2, 0.25) is 0 Å². The van der Waals surface area contributed by atoms with Crippen molar-refractivity contribution in [3.63, 3.8) is 0 Å². The van der Waals surface area contributed by atoms with Crippen LogP contribution < -0.4 is 0 Å². The van der Waals surface area contributed by atoms with Gasteiger partial charge in [0.1, 0.15) is 12.2 Å². The molecule has 0 aliphatic carbocycles. The van der Waals surface area contributed by atoms with Crippen LogP contribution in [0.1, 0.15) is 26.1 Å². The molecule has 0 bridgehead atoms. The maximum Gasteiger partial charge on any atom is 0.135 e. The topological polar surface area (TPSA) is 39.9 Å². The third-order valence-corrected chi connectivity index (χ3v) is 1.85. The smallest absolute Gasteiger partial charge is 0.135 e. The Morgan fingerprint density at radius 2 is 2.23 bits per heavy atom. The van der Waals surface area contributed by atoms with Crippen LogP contribution >= 0.6 is 0 Å². The van der Waals surface area contributed by atoms with E-state index in [1.807, 2.05) is 4.57 Å². The van der Waals surface area contributed by atoms with Crippen molar-refractivity contribution in [2.75, 3.05) is 13.2 Å². The summed E-state index contributed by atoms with van der Waals surface area (Å²) in [6, 6.07) is 0. The predicted octanol–water partition coefficient (Wildman–Crippen LogP) is 1.27. The van der Waals surface area contributed by atoms with Gasteiger partial charge in [0.05, 0.1) is 6.61 Å². The van der Waals surface area contributed by atoms with Crippen molar-refractivity contribution in [2.45, 2.75) is 33.2 Å². The van der Waals surface area contributed by atoms with Crippen molar-refractivity contribution < 1.29 is 4.74 Å². The van der Waals surface area contributed by atoms with Gasteiger partial charge in [-0.05, 0) is 13.3 Å². The van der Waals surface area contributed by atoms with Crippen molar-refractivity contribution in [1.29, 1.82) is 0 Å². The molecule has 74 valence electrons. The number of aromatic nitrogens is 3. The van der Waals surface area contributed by atoms with Crippen LogP contribution in [0.5, 0.6) is 0 Å². The van der Waals surface area contributed by atoms with Gasteiger partial charge in [0, 0.05) is 19.6 Å². The number of aryl methyl sites for hydroxylation is 1. The van der Waals surface area contributed by atoms with Gasteiger partial charge in [-0.3, -0.25) is 0 Å². The quantitative estimate of drug-likeness (QED) is 0.623. The number of ether oxygens (including phenoxy) is 1. The average molecular weight is 183 g/mol. The molecule has 1 aromatic heterocycles. The van der Waals surface area contributed by atoms with Crippen LogP contribution in [0.4, 0.5) is 0 Å². The Labute approximate surface area is 78.9 Å². The van der Waals surface area contributed by atoms with Crippen LogP contribution in [-0.4, -0.2) is 28.0 Å². The first-order valence-electron chi connectivity index (χ1n) is 4.82. The SMILES string of the molecule is CCCOCCc1nncn1CC. The molecule has 0 saturated carbocycles. The Morgan fingerprint density at radius 3 is 2.92 bits per heavy atom. The Hall–Kier alpha value is -0.900. The molecule has 13 heavy (non-hydrogen) atoms. The highest BCUT2D eigenvalue weighted by Crippen LogP contribution is 1.96. The highest BCUT2D eigenvalue weighted by molar-refractivity contribution is 4.85. The van der Waals surface area contributed by atoms with Crippen LogP contribution in [0.15, 0.2) is 6.33 Å². The number of nitrogens with zero attached hydrogens (tertiary/aromatic N) is 3. The summed E-state index contributed by atoms with van der Waals surface area (Å²) in [5, 5.41) is 7.87. The van der Waals surface area contributed by atoms with Crippen LogP contribution in [0.25, 0.3) is 0 Å². The summed E-state index contributed by atoms with van der Waals surface area (Å²) >= 11 is 0. The molecule has 0 spiro atoms. The van der Waals surface area contributed by atoms with Gasteiger partial charge in [-0.1, -0.05) is 6.92 Å². The Morgan fingerprint density at radius 1 is 1.38 bits per heavy atom. The molecule has 4 heteroatoms. The van der Waals surface area contributed by atoms with Gasteiger partial charge < -0.3 is 9.30 Å². The molecule has 0 aliphatic heterocycles. The van der Waals surface area contributed by atoms with E-state index < -0.39 is 0 Å². The lowest BCUT2D eigenvalue weighted by Gasteiger charge is -2.03. The predicted molar refractivity (Wildman–Crippen MR) is 50.5 cm³/mol. The molecule has 0 amide bonds. The van der Waals surface area contributed by atoms with E-state index in [4.69, 9.17) is 4.74 Å². The molecule has 0 saturated heterocycles. The van der Waals surface area contributed by atoms with E-state index in [1.165, 1.54) is 0 Å².